The lowest BCUT2D eigenvalue weighted by Gasteiger charge is -2.33. The first kappa shape index (κ1) is 32.5. The molecule has 0 spiro atoms. The maximum Gasteiger partial charge on any atom is 0.264 e. The van der Waals surface area contributed by atoms with E-state index in [0.717, 1.165) is 21.9 Å². The van der Waals surface area contributed by atoms with Crippen LogP contribution in [0.4, 0.5) is 5.69 Å². The molecule has 0 aliphatic heterocycles. The van der Waals surface area contributed by atoms with Crippen molar-refractivity contribution in [1.82, 2.24) is 10.2 Å². The minimum absolute atomic E-state index is 0.0138. The number of methoxy groups -OCH3 is 2. The van der Waals surface area contributed by atoms with Gasteiger partial charge >= 0.3 is 0 Å². The molecule has 0 fully saturated rings. The summed E-state index contributed by atoms with van der Waals surface area (Å²) in [6, 6.07) is 19.3. The van der Waals surface area contributed by atoms with Gasteiger partial charge in [-0.1, -0.05) is 43.7 Å². The number of benzene rings is 3. The Morgan fingerprint density at radius 3 is 1.88 bits per heavy atom. The molecule has 9 nitrogen and oxygen atoms in total. The number of amides is 2. The van der Waals surface area contributed by atoms with E-state index in [4.69, 9.17) is 9.47 Å². The third-order valence-electron chi connectivity index (χ3n) is 7.15. The summed E-state index contributed by atoms with van der Waals surface area (Å²) < 4.78 is 39.5. The van der Waals surface area contributed by atoms with Gasteiger partial charge in [-0.2, -0.15) is 0 Å². The second-order valence-corrected chi connectivity index (χ2v) is 12.0. The second kappa shape index (κ2) is 14.7. The van der Waals surface area contributed by atoms with Gasteiger partial charge in [-0.05, 0) is 80.8 Å². The van der Waals surface area contributed by atoms with E-state index >= 15 is 0 Å². The van der Waals surface area contributed by atoms with Crippen LogP contribution >= 0.6 is 0 Å². The number of nitrogens with one attached hydrogen (secondary N) is 1. The zero-order valence-electron chi connectivity index (χ0n) is 25.2. The van der Waals surface area contributed by atoms with E-state index in [0.29, 0.717) is 23.6 Å². The van der Waals surface area contributed by atoms with Gasteiger partial charge in [0.15, 0.2) is 0 Å². The normalized spacial score (nSPS) is 12.6. The smallest absolute Gasteiger partial charge is 0.264 e. The minimum Gasteiger partial charge on any atom is -0.497 e. The number of carbonyl (C=O) groups is 2. The molecule has 0 aliphatic carbocycles. The van der Waals surface area contributed by atoms with Gasteiger partial charge in [0, 0.05) is 12.6 Å². The fourth-order valence-corrected chi connectivity index (χ4v) is 5.82. The largest absolute Gasteiger partial charge is 0.497 e. The quantitative estimate of drug-likeness (QED) is 0.283. The van der Waals surface area contributed by atoms with Crippen molar-refractivity contribution in [3.63, 3.8) is 0 Å². The molecule has 2 atom stereocenters. The highest BCUT2D eigenvalue weighted by Crippen LogP contribution is 2.26. The summed E-state index contributed by atoms with van der Waals surface area (Å²) in [5.74, 6) is 0.383. The summed E-state index contributed by atoms with van der Waals surface area (Å²) in [4.78, 5) is 29.0. The van der Waals surface area contributed by atoms with E-state index in [9.17, 15) is 18.0 Å². The molecule has 0 saturated carbocycles. The molecule has 0 radical (unpaired) electrons. The van der Waals surface area contributed by atoms with Crippen molar-refractivity contribution >= 4 is 27.5 Å². The van der Waals surface area contributed by atoms with Crippen LogP contribution in [0.15, 0.2) is 77.7 Å². The molecule has 0 aliphatic rings. The number of ether oxygens (including phenoxy) is 2. The fourth-order valence-electron chi connectivity index (χ4n) is 4.40. The molecular weight excluding hydrogens is 554 g/mol. The predicted molar refractivity (Wildman–Crippen MR) is 164 cm³/mol. The van der Waals surface area contributed by atoms with Crippen LogP contribution in [0.3, 0.4) is 0 Å². The Balaban J connectivity index is 2.05. The number of aryl methyl sites for hydroxylation is 1. The molecule has 2 unspecified atom stereocenters. The molecule has 226 valence electrons. The number of hydrogen-bond donors (Lipinski definition) is 1. The average molecular weight is 596 g/mol. The lowest BCUT2D eigenvalue weighted by atomic mass is 10.1. The van der Waals surface area contributed by atoms with Crippen LogP contribution in [0.1, 0.15) is 44.7 Å². The lowest BCUT2D eigenvalue weighted by molar-refractivity contribution is -0.140. The Morgan fingerprint density at radius 2 is 1.38 bits per heavy atom. The molecule has 0 heterocycles. The van der Waals surface area contributed by atoms with Gasteiger partial charge in [-0.15, -0.1) is 0 Å². The standard InChI is InChI=1S/C32H41N3O6S/c1-7-24(4)33-32(37)30(8-2)34(21-25-11-15-27(40-5)16-12-25)31(36)22-35(26-13-9-23(3)10-14-26)42(38,39)29-19-17-28(41-6)18-20-29/h9-20,24,30H,7-8,21-22H2,1-6H3,(H,33,37). The third kappa shape index (κ3) is 8.03. The lowest BCUT2D eigenvalue weighted by Crippen LogP contribution is -2.53. The van der Waals surface area contributed by atoms with E-state index in [2.05, 4.69) is 5.32 Å². The van der Waals surface area contributed by atoms with E-state index < -0.39 is 28.5 Å². The molecule has 3 rings (SSSR count). The summed E-state index contributed by atoms with van der Waals surface area (Å²) >= 11 is 0. The monoisotopic (exact) mass is 595 g/mol. The number of hydrogen-bond acceptors (Lipinski definition) is 6. The van der Waals surface area contributed by atoms with Gasteiger partial charge in [0.2, 0.25) is 11.8 Å². The maximum absolute atomic E-state index is 14.2. The van der Waals surface area contributed by atoms with Crippen molar-refractivity contribution in [3.05, 3.63) is 83.9 Å². The first-order valence-electron chi connectivity index (χ1n) is 14.0. The molecule has 1 N–H and O–H groups in total. The minimum atomic E-state index is -4.16. The van der Waals surface area contributed by atoms with Gasteiger partial charge in [-0.3, -0.25) is 13.9 Å². The van der Waals surface area contributed by atoms with Crippen LogP contribution in [-0.2, 0) is 26.2 Å². The predicted octanol–water partition coefficient (Wildman–Crippen LogP) is 4.93. The van der Waals surface area contributed by atoms with Gasteiger partial charge < -0.3 is 19.7 Å². The number of rotatable bonds is 14. The fraction of sp³-hybridized carbons (Fsp3) is 0.375. The Kier molecular flexibility index (Phi) is 11.4. The molecule has 3 aromatic rings. The zero-order chi connectivity index (χ0) is 30.9. The summed E-state index contributed by atoms with van der Waals surface area (Å²) in [7, 11) is -1.10. The summed E-state index contributed by atoms with van der Waals surface area (Å²) in [5, 5.41) is 2.98. The summed E-state index contributed by atoms with van der Waals surface area (Å²) in [6.45, 7) is 7.22. The number of sulfonamides is 1. The summed E-state index contributed by atoms with van der Waals surface area (Å²) in [6.07, 6.45) is 1.08. The van der Waals surface area contributed by atoms with Crippen molar-refractivity contribution in [2.24, 2.45) is 0 Å². The highest BCUT2D eigenvalue weighted by atomic mass is 32.2. The Morgan fingerprint density at radius 1 is 0.833 bits per heavy atom. The number of carbonyl (C=O) groups excluding carboxylic acids is 2. The molecule has 0 aromatic heterocycles. The van der Waals surface area contributed by atoms with Crippen molar-refractivity contribution in [2.45, 2.75) is 64.1 Å². The SMILES string of the molecule is CCC(C)NC(=O)C(CC)N(Cc1ccc(OC)cc1)C(=O)CN(c1ccc(C)cc1)S(=O)(=O)c1ccc(OC)cc1. The van der Waals surface area contributed by atoms with Crippen LogP contribution in [-0.4, -0.2) is 58.0 Å². The molecule has 2 amide bonds. The molecular formula is C32H41N3O6S. The average Bonchev–Trinajstić information content (AvgIpc) is 3.00. The van der Waals surface area contributed by atoms with Gasteiger partial charge in [0.1, 0.15) is 24.1 Å². The highest BCUT2D eigenvalue weighted by Gasteiger charge is 2.34. The first-order valence-corrected chi connectivity index (χ1v) is 15.4. The van der Waals surface area contributed by atoms with Crippen molar-refractivity contribution in [3.8, 4) is 11.5 Å². The molecule has 10 heteroatoms. The highest BCUT2D eigenvalue weighted by molar-refractivity contribution is 7.92. The van der Waals surface area contributed by atoms with Gasteiger partial charge in [0.25, 0.3) is 10.0 Å². The number of anilines is 1. The van der Waals surface area contributed by atoms with Gasteiger partial charge in [0.05, 0.1) is 24.8 Å². The van der Waals surface area contributed by atoms with E-state index in [1.807, 2.05) is 39.8 Å². The van der Waals surface area contributed by atoms with E-state index in [1.54, 1.807) is 55.6 Å². The Hall–Kier alpha value is -4.05. The maximum atomic E-state index is 14.2. The molecule has 0 bridgehead atoms. The third-order valence-corrected chi connectivity index (χ3v) is 8.94. The van der Waals surface area contributed by atoms with Crippen LogP contribution < -0.4 is 19.1 Å². The van der Waals surface area contributed by atoms with Crippen LogP contribution in [0.5, 0.6) is 11.5 Å². The first-order chi connectivity index (χ1) is 20.0. The van der Waals surface area contributed by atoms with Crippen LogP contribution in [0.25, 0.3) is 0 Å². The van der Waals surface area contributed by atoms with Crippen LogP contribution in [0.2, 0.25) is 0 Å². The zero-order valence-corrected chi connectivity index (χ0v) is 26.0. The topological polar surface area (TPSA) is 105 Å². The molecule has 0 saturated heterocycles. The van der Waals surface area contributed by atoms with E-state index in [1.165, 1.54) is 24.1 Å². The second-order valence-electron chi connectivity index (χ2n) is 10.1. The van der Waals surface area contributed by atoms with Crippen molar-refractivity contribution in [1.29, 1.82) is 0 Å². The van der Waals surface area contributed by atoms with Crippen molar-refractivity contribution < 1.29 is 27.5 Å². The summed E-state index contributed by atoms with van der Waals surface area (Å²) in [5.41, 5.74) is 2.06. The van der Waals surface area contributed by atoms with E-state index in [-0.39, 0.29) is 23.4 Å². The van der Waals surface area contributed by atoms with Crippen LogP contribution in [0, 0.1) is 6.92 Å². The Bertz CT molecular complexity index is 1420. The van der Waals surface area contributed by atoms with Crippen molar-refractivity contribution in [2.75, 3.05) is 25.1 Å². The Labute approximate surface area is 249 Å². The molecule has 42 heavy (non-hydrogen) atoms. The van der Waals surface area contributed by atoms with Gasteiger partial charge in [-0.25, -0.2) is 8.42 Å². The molecule has 3 aromatic carbocycles. The number of nitrogens with zero attached hydrogens (tertiary/aromatic N) is 2.